The van der Waals surface area contributed by atoms with Crippen LogP contribution in [0.3, 0.4) is 0 Å². The predicted molar refractivity (Wildman–Crippen MR) is 49.9 cm³/mol. The van der Waals surface area contributed by atoms with Crippen LogP contribution in [0.5, 0.6) is 0 Å². The van der Waals surface area contributed by atoms with E-state index in [1.165, 1.54) is 6.20 Å². The quantitative estimate of drug-likeness (QED) is 0.700. The van der Waals surface area contributed by atoms with Crippen molar-refractivity contribution in [1.82, 2.24) is 9.97 Å². The van der Waals surface area contributed by atoms with E-state index in [0.29, 0.717) is 18.0 Å². The molecule has 14 heavy (non-hydrogen) atoms. The lowest BCUT2D eigenvalue weighted by atomic mass is 10.2. The molecule has 1 heterocycles. The van der Waals surface area contributed by atoms with Gasteiger partial charge >= 0.3 is 5.97 Å². The topological polar surface area (TPSA) is 72.0 Å². The maximum atomic E-state index is 11.3. The summed E-state index contributed by atoms with van der Waals surface area (Å²) in [5.74, 6) is 0.117. The summed E-state index contributed by atoms with van der Waals surface area (Å²) in [5.41, 5.74) is 0.0413. The first-order valence-electron chi connectivity index (χ1n) is 4.34. The second kappa shape index (κ2) is 4.55. The molecular formula is C9H12N2O3. The Morgan fingerprint density at radius 1 is 1.64 bits per heavy atom. The highest BCUT2D eigenvalue weighted by molar-refractivity contribution is 5.72. The van der Waals surface area contributed by atoms with E-state index in [9.17, 15) is 9.59 Å². The zero-order valence-electron chi connectivity index (χ0n) is 8.16. The molecule has 0 atom stereocenters. The SMILES string of the molecule is CCOC(=O)Cc1cnc(C)[nH]c1=O. The highest BCUT2D eigenvalue weighted by atomic mass is 16.5. The lowest BCUT2D eigenvalue weighted by Gasteiger charge is -2.00. The van der Waals surface area contributed by atoms with Crippen LogP contribution < -0.4 is 5.56 Å². The zero-order valence-corrected chi connectivity index (χ0v) is 8.16. The Morgan fingerprint density at radius 3 is 2.93 bits per heavy atom. The minimum Gasteiger partial charge on any atom is -0.466 e. The summed E-state index contributed by atoms with van der Waals surface area (Å²) < 4.78 is 4.71. The fourth-order valence-electron chi connectivity index (χ4n) is 1.00. The van der Waals surface area contributed by atoms with Crippen molar-refractivity contribution in [2.75, 3.05) is 6.61 Å². The first-order valence-corrected chi connectivity index (χ1v) is 4.34. The van der Waals surface area contributed by atoms with Gasteiger partial charge in [0.2, 0.25) is 0 Å². The lowest BCUT2D eigenvalue weighted by molar-refractivity contribution is -0.142. The molecule has 0 aromatic carbocycles. The van der Waals surface area contributed by atoms with Gasteiger partial charge in [-0.1, -0.05) is 0 Å². The molecule has 0 aliphatic rings. The number of aromatic amines is 1. The molecule has 0 amide bonds. The Balaban J connectivity index is 2.77. The number of hydrogen-bond acceptors (Lipinski definition) is 4. The van der Waals surface area contributed by atoms with E-state index in [-0.39, 0.29) is 12.0 Å². The normalized spacial score (nSPS) is 9.86. The predicted octanol–water partition coefficient (Wildman–Crippen LogP) is 0.184. The standard InChI is InChI=1S/C9H12N2O3/c1-3-14-8(12)4-7-5-10-6(2)11-9(7)13/h5H,3-4H2,1-2H3,(H,10,11,13). The maximum absolute atomic E-state index is 11.3. The van der Waals surface area contributed by atoms with E-state index in [0.717, 1.165) is 0 Å². The van der Waals surface area contributed by atoms with Crippen LogP contribution in [0.1, 0.15) is 18.3 Å². The van der Waals surface area contributed by atoms with Gasteiger partial charge < -0.3 is 9.72 Å². The largest absolute Gasteiger partial charge is 0.466 e. The van der Waals surface area contributed by atoms with Crippen molar-refractivity contribution >= 4 is 5.97 Å². The van der Waals surface area contributed by atoms with Gasteiger partial charge in [-0.3, -0.25) is 9.59 Å². The van der Waals surface area contributed by atoms with Crippen molar-refractivity contribution < 1.29 is 9.53 Å². The van der Waals surface area contributed by atoms with Gasteiger partial charge in [0.25, 0.3) is 5.56 Å². The molecule has 1 aromatic heterocycles. The van der Waals surface area contributed by atoms with Gasteiger partial charge in [-0.15, -0.1) is 0 Å². The zero-order chi connectivity index (χ0) is 10.6. The molecule has 1 N–H and O–H groups in total. The Hall–Kier alpha value is -1.65. The summed E-state index contributed by atoms with van der Waals surface area (Å²) in [6.07, 6.45) is 1.36. The fourth-order valence-corrected chi connectivity index (χ4v) is 1.00. The molecule has 0 aliphatic heterocycles. The lowest BCUT2D eigenvalue weighted by Crippen LogP contribution is -2.19. The van der Waals surface area contributed by atoms with E-state index in [1.54, 1.807) is 13.8 Å². The first kappa shape index (κ1) is 10.4. The minimum absolute atomic E-state index is 0.0313. The van der Waals surface area contributed by atoms with E-state index < -0.39 is 5.97 Å². The molecular weight excluding hydrogens is 184 g/mol. The number of esters is 1. The first-order chi connectivity index (χ1) is 6.63. The molecule has 0 aliphatic carbocycles. The summed E-state index contributed by atoms with van der Waals surface area (Å²) >= 11 is 0. The number of hydrogen-bond donors (Lipinski definition) is 1. The van der Waals surface area contributed by atoms with Crippen LogP contribution in [-0.4, -0.2) is 22.5 Å². The highest BCUT2D eigenvalue weighted by Crippen LogP contribution is 1.93. The Labute approximate surface area is 81.1 Å². The number of aromatic nitrogens is 2. The van der Waals surface area contributed by atoms with E-state index in [2.05, 4.69) is 9.97 Å². The number of carbonyl (C=O) groups excluding carboxylic acids is 1. The average molecular weight is 196 g/mol. The second-order valence-electron chi connectivity index (χ2n) is 2.80. The van der Waals surface area contributed by atoms with Crippen LogP contribution in [-0.2, 0) is 16.0 Å². The van der Waals surface area contributed by atoms with Gasteiger partial charge in [0.05, 0.1) is 13.0 Å². The number of carbonyl (C=O) groups is 1. The summed E-state index contributed by atoms with van der Waals surface area (Å²) in [6, 6.07) is 0. The molecule has 1 rings (SSSR count). The summed E-state index contributed by atoms with van der Waals surface area (Å²) in [4.78, 5) is 28.7. The summed E-state index contributed by atoms with van der Waals surface area (Å²) in [7, 11) is 0. The average Bonchev–Trinajstić information content (AvgIpc) is 2.10. The van der Waals surface area contributed by atoms with Crippen molar-refractivity contribution in [3.63, 3.8) is 0 Å². The molecule has 5 heteroatoms. The van der Waals surface area contributed by atoms with Gasteiger partial charge in [-0.2, -0.15) is 0 Å². The fraction of sp³-hybridized carbons (Fsp3) is 0.444. The van der Waals surface area contributed by atoms with Crippen molar-refractivity contribution in [2.45, 2.75) is 20.3 Å². The molecule has 0 saturated heterocycles. The van der Waals surface area contributed by atoms with Crippen LogP contribution in [0.15, 0.2) is 11.0 Å². The monoisotopic (exact) mass is 196 g/mol. The Kier molecular flexibility index (Phi) is 3.39. The van der Waals surface area contributed by atoms with Crippen molar-refractivity contribution in [2.24, 2.45) is 0 Å². The molecule has 0 unspecified atom stereocenters. The molecule has 0 bridgehead atoms. The van der Waals surface area contributed by atoms with Gasteiger partial charge in [0, 0.05) is 11.8 Å². The molecule has 0 radical (unpaired) electrons. The number of aryl methyl sites for hydroxylation is 1. The number of ether oxygens (including phenoxy) is 1. The Bertz CT molecular complexity index is 384. The smallest absolute Gasteiger partial charge is 0.310 e. The molecule has 0 saturated carbocycles. The number of H-pyrrole nitrogens is 1. The van der Waals surface area contributed by atoms with E-state index in [4.69, 9.17) is 4.74 Å². The molecule has 5 nitrogen and oxygen atoms in total. The van der Waals surface area contributed by atoms with Gasteiger partial charge in [0.15, 0.2) is 0 Å². The number of nitrogens with one attached hydrogen (secondary N) is 1. The van der Waals surface area contributed by atoms with Crippen molar-refractivity contribution in [1.29, 1.82) is 0 Å². The van der Waals surface area contributed by atoms with Crippen LogP contribution >= 0.6 is 0 Å². The van der Waals surface area contributed by atoms with Crippen molar-refractivity contribution in [3.05, 3.63) is 27.9 Å². The Morgan fingerprint density at radius 2 is 2.36 bits per heavy atom. The second-order valence-corrected chi connectivity index (χ2v) is 2.80. The van der Waals surface area contributed by atoms with Gasteiger partial charge in [-0.05, 0) is 13.8 Å². The van der Waals surface area contributed by atoms with Crippen LogP contribution in [0, 0.1) is 6.92 Å². The van der Waals surface area contributed by atoms with Gasteiger partial charge in [-0.25, -0.2) is 4.98 Å². The third kappa shape index (κ3) is 2.69. The van der Waals surface area contributed by atoms with Gasteiger partial charge in [0.1, 0.15) is 5.82 Å². The summed E-state index contributed by atoms with van der Waals surface area (Å²) in [6.45, 7) is 3.71. The maximum Gasteiger partial charge on any atom is 0.310 e. The van der Waals surface area contributed by atoms with Crippen molar-refractivity contribution in [3.8, 4) is 0 Å². The van der Waals surface area contributed by atoms with Crippen LogP contribution in [0.25, 0.3) is 0 Å². The highest BCUT2D eigenvalue weighted by Gasteiger charge is 2.07. The molecule has 0 fully saturated rings. The van der Waals surface area contributed by atoms with Crippen LogP contribution in [0.4, 0.5) is 0 Å². The molecule has 76 valence electrons. The number of nitrogens with zero attached hydrogens (tertiary/aromatic N) is 1. The molecule has 1 aromatic rings. The third-order valence-corrected chi connectivity index (χ3v) is 1.64. The minimum atomic E-state index is -0.413. The molecule has 0 spiro atoms. The summed E-state index contributed by atoms with van der Waals surface area (Å²) in [5, 5.41) is 0. The third-order valence-electron chi connectivity index (χ3n) is 1.64. The number of rotatable bonds is 3. The van der Waals surface area contributed by atoms with Crippen LogP contribution in [0.2, 0.25) is 0 Å². The van der Waals surface area contributed by atoms with E-state index in [1.807, 2.05) is 0 Å². The van der Waals surface area contributed by atoms with E-state index >= 15 is 0 Å².